The van der Waals surface area contributed by atoms with Gasteiger partial charge in [-0.1, -0.05) is 6.92 Å². The molecule has 1 fully saturated rings. The lowest BCUT2D eigenvalue weighted by atomic mass is 9.99. The highest BCUT2D eigenvalue weighted by Gasteiger charge is 2.20. The Morgan fingerprint density at radius 1 is 1.54 bits per heavy atom. The van der Waals surface area contributed by atoms with E-state index >= 15 is 0 Å². The normalized spacial score (nSPS) is 27.5. The van der Waals surface area contributed by atoms with Crippen LogP contribution >= 0.6 is 0 Å². The van der Waals surface area contributed by atoms with Gasteiger partial charge in [-0.2, -0.15) is 0 Å². The Balaban J connectivity index is 2.25. The minimum atomic E-state index is -0.197. The first kappa shape index (κ1) is 11.0. The third-order valence-electron chi connectivity index (χ3n) is 2.80. The number of likely N-dealkylation sites (tertiary alicyclic amines) is 1. The van der Waals surface area contributed by atoms with E-state index in [1.54, 1.807) is 0 Å². The molecule has 0 saturated carbocycles. The number of piperidine rings is 1. The second kappa shape index (κ2) is 5.58. The molecule has 2 unspecified atom stereocenters. The van der Waals surface area contributed by atoms with Crippen molar-refractivity contribution in [3.8, 4) is 0 Å². The molecule has 13 heavy (non-hydrogen) atoms. The number of nitrogens with zero attached hydrogens (tertiary/aromatic N) is 1. The van der Waals surface area contributed by atoms with Crippen molar-refractivity contribution in [2.45, 2.75) is 32.3 Å². The molecule has 1 heterocycles. The minimum absolute atomic E-state index is 0.197. The van der Waals surface area contributed by atoms with Crippen molar-refractivity contribution >= 4 is 0 Å². The number of hydrogen-bond donors (Lipinski definition) is 2. The Hall–Kier alpha value is -0.120. The molecule has 0 bridgehead atoms. The highest BCUT2D eigenvalue weighted by atomic mass is 16.3. The van der Waals surface area contributed by atoms with Crippen LogP contribution < -0.4 is 0 Å². The molecule has 2 N–H and O–H groups in total. The molecule has 0 spiro atoms. The Labute approximate surface area is 80.4 Å². The zero-order valence-corrected chi connectivity index (χ0v) is 8.45. The van der Waals surface area contributed by atoms with Crippen LogP contribution in [0.15, 0.2) is 0 Å². The molecule has 1 saturated heterocycles. The van der Waals surface area contributed by atoms with Gasteiger partial charge in [0.25, 0.3) is 0 Å². The van der Waals surface area contributed by atoms with Crippen LogP contribution in [0.5, 0.6) is 0 Å². The SMILES string of the molecule is CCC(O)CN1CCCC(CO)C1. The Morgan fingerprint density at radius 2 is 2.31 bits per heavy atom. The number of aliphatic hydroxyl groups is 2. The van der Waals surface area contributed by atoms with Gasteiger partial charge in [-0.05, 0) is 31.7 Å². The summed E-state index contributed by atoms with van der Waals surface area (Å²) in [5.41, 5.74) is 0. The average Bonchev–Trinajstić information content (AvgIpc) is 2.18. The van der Waals surface area contributed by atoms with E-state index in [0.717, 1.165) is 38.9 Å². The van der Waals surface area contributed by atoms with Gasteiger partial charge >= 0.3 is 0 Å². The van der Waals surface area contributed by atoms with Crippen molar-refractivity contribution in [1.29, 1.82) is 0 Å². The maximum Gasteiger partial charge on any atom is 0.0664 e. The third-order valence-corrected chi connectivity index (χ3v) is 2.80. The highest BCUT2D eigenvalue weighted by molar-refractivity contribution is 4.74. The van der Waals surface area contributed by atoms with Crippen molar-refractivity contribution < 1.29 is 10.2 Å². The minimum Gasteiger partial charge on any atom is -0.396 e. The first-order chi connectivity index (χ1) is 6.26. The number of aliphatic hydroxyl groups excluding tert-OH is 2. The van der Waals surface area contributed by atoms with Gasteiger partial charge in [-0.15, -0.1) is 0 Å². The molecule has 0 aromatic rings. The van der Waals surface area contributed by atoms with Crippen LogP contribution in [-0.2, 0) is 0 Å². The van der Waals surface area contributed by atoms with Crippen LogP contribution in [0.25, 0.3) is 0 Å². The molecular formula is C10H21NO2. The van der Waals surface area contributed by atoms with E-state index in [2.05, 4.69) is 4.90 Å². The van der Waals surface area contributed by atoms with Gasteiger partial charge in [0.2, 0.25) is 0 Å². The molecule has 0 aromatic carbocycles. The average molecular weight is 187 g/mol. The van der Waals surface area contributed by atoms with Gasteiger partial charge in [0.1, 0.15) is 0 Å². The lowest BCUT2D eigenvalue weighted by Crippen LogP contribution is -2.40. The summed E-state index contributed by atoms with van der Waals surface area (Å²) in [6.07, 6.45) is 2.91. The van der Waals surface area contributed by atoms with Crippen molar-refractivity contribution in [2.75, 3.05) is 26.2 Å². The van der Waals surface area contributed by atoms with Crippen LogP contribution in [-0.4, -0.2) is 47.5 Å². The molecule has 0 aromatic heterocycles. The van der Waals surface area contributed by atoms with Crippen LogP contribution in [0.3, 0.4) is 0 Å². The smallest absolute Gasteiger partial charge is 0.0664 e. The predicted molar refractivity (Wildman–Crippen MR) is 52.5 cm³/mol. The largest absolute Gasteiger partial charge is 0.396 e. The zero-order chi connectivity index (χ0) is 9.68. The fourth-order valence-electron chi connectivity index (χ4n) is 1.89. The molecule has 1 aliphatic rings. The summed E-state index contributed by atoms with van der Waals surface area (Å²) in [4.78, 5) is 2.26. The van der Waals surface area contributed by atoms with Gasteiger partial charge in [-0.25, -0.2) is 0 Å². The van der Waals surface area contributed by atoms with E-state index in [0.29, 0.717) is 12.5 Å². The number of rotatable bonds is 4. The molecule has 0 radical (unpaired) electrons. The zero-order valence-electron chi connectivity index (χ0n) is 8.45. The van der Waals surface area contributed by atoms with E-state index < -0.39 is 0 Å². The maximum atomic E-state index is 9.46. The molecule has 1 rings (SSSR count). The third kappa shape index (κ3) is 3.63. The Kier molecular flexibility index (Phi) is 4.70. The Bertz CT molecular complexity index is 139. The summed E-state index contributed by atoms with van der Waals surface area (Å²) in [5.74, 6) is 0.429. The van der Waals surface area contributed by atoms with Gasteiger partial charge in [0.05, 0.1) is 6.10 Å². The molecule has 0 aliphatic carbocycles. The highest BCUT2D eigenvalue weighted by Crippen LogP contribution is 2.15. The van der Waals surface area contributed by atoms with Gasteiger partial charge in [-0.3, -0.25) is 0 Å². The van der Waals surface area contributed by atoms with Crippen LogP contribution in [0.4, 0.5) is 0 Å². The summed E-state index contributed by atoms with van der Waals surface area (Å²) in [7, 11) is 0. The van der Waals surface area contributed by atoms with Gasteiger partial charge in [0, 0.05) is 19.7 Å². The van der Waals surface area contributed by atoms with Crippen LogP contribution in [0, 0.1) is 5.92 Å². The van der Waals surface area contributed by atoms with Gasteiger partial charge < -0.3 is 15.1 Å². The molecule has 2 atom stereocenters. The molecule has 78 valence electrons. The predicted octanol–water partition coefficient (Wildman–Crippen LogP) is 0.462. The van der Waals surface area contributed by atoms with E-state index in [1.807, 2.05) is 6.92 Å². The van der Waals surface area contributed by atoms with Crippen molar-refractivity contribution in [2.24, 2.45) is 5.92 Å². The quantitative estimate of drug-likeness (QED) is 0.672. The fraction of sp³-hybridized carbons (Fsp3) is 1.00. The number of β-amino-alcohol motifs (C(OH)–C–C–N with tert-alkyl or cyclic N) is 1. The summed E-state index contributed by atoms with van der Waals surface area (Å²) in [6.45, 7) is 5.09. The molecular weight excluding hydrogens is 166 g/mol. The summed E-state index contributed by atoms with van der Waals surface area (Å²) >= 11 is 0. The van der Waals surface area contributed by atoms with Crippen molar-refractivity contribution in [1.82, 2.24) is 4.90 Å². The first-order valence-corrected chi connectivity index (χ1v) is 5.27. The standard InChI is InChI=1S/C10H21NO2/c1-2-10(13)7-11-5-3-4-9(6-11)8-12/h9-10,12-13H,2-8H2,1H3. The molecule has 3 heteroatoms. The van der Waals surface area contributed by atoms with E-state index in [1.165, 1.54) is 0 Å². The second-order valence-corrected chi connectivity index (χ2v) is 4.01. The van der Waals surface area contributed by atoms with Crippen molar-refractivity contribution in [3.63, 3.8) is 0 Å². The summed E-state index contributed by atoms with van der Waals surface area (Å²) in [6, 6.07) is 0. The van der Waals surface area contributed by atoms with E-state index in [9.17, 15) is 5.11 Å². The van der Waals surface area contributed by atoms with E-state index in [4.69, 9.17) is 5.11 Å². The van der Waals surface area contributed by atoms with Crippen molar-refractivity contribution in [3.05, 3.63) is 0 Å². The first-order valence-electron chi connectivity index (χ1n) is 5.27. The monoisotopic (exact) mass is 187 g/mol. The molecule has 1 aliphatic heterocycles. The fourth-order valence-corrected chi connectivity index (χ4v) is 1.89. The topological polar surface area (TPSA) is 43.7 Å². The lowest BCUT2D eigenvalue weighted by Gasteiger charge is -2.32. The van der Waals surface area contributed by atoms with Gasteiger partial charge in [0.15, 0.2) is 0 Å². The second-order valence-electron chi connectivity index (χ2n) is 4.01. The Morgan fingerprint density at radius 3 is 2.92 bits per heavy atom. The summed E-state index contributed by atoms with van der Waals surface area (Å²) in [5, 5.41) is 18.5. The molecule has 0 amide bonds. The number of hydrogen-bond acceptors (Lipinski definition) is 3. The summed E-state index contributed by atoms with van der Waals surface area (Å²) < 4.78 is 0. The van der Waals surface area contributed by atoms with Crippen LogP contribution in [0.1, 0.15) is 26.2 Å². The molecule has 3 nitrogen and oxygen atoms in total. The van der Waals surface area contributed by atoms with E-state index in [-0.39, 0.29) is 6.10 Å². The maximum absolute atomic E-state index is 9.46. The van der Waals surface area contributed by atoms with Crippen LogP contribution in [0.2, 0.25) is 0 Å². The lowest BCUT2D eigenvalue weighted by molar-refractivity contribution is 0.0664.